The molecule has 220 valence electrons. The lowest BCUT2D eigenvalue weighted by molar-refractivity contribution is -0.136. The summed E-state index contributed by atoms with van der Waals surface area (Å²) in [6.45, 7) is 2.01. The molecule has 0 spiro atoms. The molecule has 11 heteroatoms. The highest BCUT2D eigenvalue weighted by atomic mass is 16.5. The van der Waals surface area contributed by atoms with E-state index >= 15 is 0 Å². The molecule has 0 saturated carbocycles. The third-order valence-electron chi connectivity index (χ3n) is 6.96. The van der Waals surface area contributed by atoms with E-state index in [4.69, 9.17) is 14.2 Å². The normalized spacial score (nSPS) is 14.8. The zero-order chi connectivity index (χ0) is 30.3. The summed E-state index contributed by atoms with van der Waals surface area (Å²) < 4.78 is 18.2. The maximum absolute atomic E-state index is 12.5. The molecule has 0 bridgehead atoms. The molecule has 1 aromatic heterocycles. The van der Waals surface area contributed by atoms with Crippen molar-refractivity contribution in [1.82, 2.24) is 20.6 Å². The van der Waals surface area contributed by atoms with Crippen LogP contribution >= 0.6 is 0 Å². The fourth-order valence-electron chi connectivity index (χ4n) is 4.95. The van der Waals surface area contributed by atoms with Crippen molar-refractivity contribution < 1.29 is 28.6 Å². The number of fused-ring (bicyclic) bond motifs is 1. The van der Waals surface area contributed by atoms with Crippen LogP contribution in [0.15, 0.2) is 95.4 Å². The van der Waals surface area contributed by atoms with Gasteiger partial charge in [0, 0.05) is 34.9 Å². The van der Waals surface area contributed by atoms with Crippen LogP contribution < -0.4 is 25.5 Å². The maximum atomic E-state index is 12.5. The van der Waals surface area contributed by atoms with E-state index in [0.29, 0.717) is 29.3 Å². The second-order valence-corrected chi connectivity index (χ2v) is 9.77. The zero-order valence-corrected chi connectivity index (χ0v) is 23.9. The van der Waals surface area contributed by atoms with Gasteiger partial charge < -0.3 is 29.4 Å². The molecule has 0 fully saturated rings. The number of aromatic nitrogens is 1. The number of rotatable bonds is 10. The van der Waals surface area contributed by atoms with Crippen molar-refractivity contribution in [1.29, 1.82) is 0 Å². The van der Waals surface area contributed by atoms with Gasteiger partial charge in [-0.3, -0.25) is 4.79 Å². The number of nitrogens with zero attached hydrogens (tertiary/aromatic N) is 2. The summed E-state index contributed by atoms with van der Waals surface area (Å²) in [6, 6.07) is 21.9. The Morgan fingerprint density at radius 2 is 1.79 bits per heavy atom. The molecule has 0 aliphatic carbocycles. The average molecular weight is 582 g/mol. The predicted octanol–water partition coefficient (Wildman–Crippen LogP) is 4.03. The Morgan fingerprint density at radius 3 is 2.56 bits per heavy atom. The molecule has 0 unspecified atom stereocenters. The minimum absolute atomic E-state index is 0.262. The molecule has 1 atom stereocenters. The van der Waals surface area contributed by atoms with Gasteiger partial charge in [0.05, 0.1) is 32.0 Å². The fraction of sp³-hybridized carbons (Fsp3) is 0.188. The molecule has 4 aromatic rings. The Labute approximate surface area is 248 Å². The third-order valence-corrected chi connectivity index (χ3v) is 6.96. The van der Waals surface area contributed by atoms with E-state index in [9.17, 15) is 14.4 Å². The van der Waals surface area contributed by atoms with Crippen molar-refractivity contribution >= 4 is 35.0 Å². The van der Waals surface area contributed by atoms with E-state index in [1.807, 2.05) is 48.7 Å². The molecule has 2 heterocycles. The van der Waals surface area contributed by atoms with Crippen LogP contribution in [0.5, 0.6) is 11.5 Å². The first-order valence-electron chi connectivity index (χ1n) is 13.5. The van der Waals surface area contributed by atoms with Gasteiger partial charge in [0.1, 0.15) is 0 Å². The summed E-state index contributed by atoms with van der Waals surface area (Å²) in [5.41, 5.74) is 6.83. The summed E-state index contributed by atoms with van der Waals surface area (Å²) in [5.74, 6) is -0.426. The second-order valence-electron chi connectivity index (χ2n) is 9.77. The van der Waals surface area contributed by atoms with Crippen LogP contribution in [0.2, 0.25) is 0 Å². The van der Waals surface area contributed by atoms with Crippen molar-refractivity contribution in [2.24, 2.45) is 5.10 Å². The van der Waals surface area contributed by atoms with Crippen molar-refractivity contribution in [3.63, 3.8) is 0 Å². The largest absolute Gasteiger partial charge is 0.493 e. The number of methoxy groups -OCH3 is 2. The van der Waals surface area contributed by atoms with Gasteiger partial charge in [0.2, 0.25) is 0 Å². The molecule has 0 saturated heterocycles. The van der Waals surface area contributed by atoms with Crippen LogP contribution in [0, 0.1) is 0 Å². The van der Waals surface area contributed by atoms with Gasteiger partial charge in [-0.05, 0) is 36.2 Å². The number of ether oxygens (including phenoxy) is 3. The molecule has 0 radical (unpaired) electrons. The molecule has 3 N–H and O–H groups in total. The van der Waals surface area contributed by atoms with E-state index in [1.165, 1.54) is 19.8 Å². The Morgan fingerprint density at radius 1 is 1.02 bits per heavy atom. The van der Waals surface area contributed by atoms with Crippen molar-refractivity contribution in [2.75, 3.05) is 20.8 Å². The van der Waals surface area contributed by atoms with Gasteiger partial charge in [0.25, 0.3) is 5.91 Å². The van der Waals surface area contributed by atoms with Crippen LogP contribution in [0.3, 0.4) is 0 Å². The summed E-state index contributed by atoms with van der Waals surface area (Å²) in [5, 5.41) is 10.5. The first kappa shape index (κ1) is 28.9. The van der Waals surface area contributed by atoms with Crippen LogP contribution in [0.1, 0.15) is 29.7 Å². The lowest BCUT2D eigenvalue weighted by Crippen LogP contribution is -2.45. The molecular weight excluding hydrogens is 550 g/mol. The summed E-state index contributed by atoms with van der Waals surface area (Å²) in [7, 11) is 2.72. The summed E-state index contributed by atoms with van der Waals surface area (Å²) in [6.07, 6.45) is 3.61. The van der Waals surface area contributed by atoms with Gasteiger partial charge in [-0.1, -0.05) is 54.6 Å². The SMILES string of the molecule is COC(=O)C1=C(C)NC(=O)N[C@@H]1c1ccc(OCC(=O)N/N=C\c2cn(Cc3ccccc3)c3ccccc23)c(OC)c1. The Balaban J connectivity index is 1.24. The third kappa shape index (κ3) is 6.51. The summed E-state index contributed by atoms with van der Waals surface area (Å²) in [4.78, 5) is 37.1. The van der Waals surface area contributed by atoms with Gasteiger partial charge in [-0.2, -0.15) is 5.10 Å². The number of urea groups is 1. The minimum Gasteiger partial charge on any atom is -0.493 e. The first-order valence-corrected chi connectivity index (χ1v) is 13.5. The quantitative estimate of drug-likeness (QED) is 0.147. The predicted molar refractivity (Wildman–Crippen MR) is 161 cm³/mol. The fourth-order valence-corrected chi connectivity index (χ4v) is 4.95. The smallest absolute Gasteiger partial charge is 0.337 e. The lowest BCUT2D eigenvalue weighted by atomic mass is 9.95. The molecule has 43 heavy (non-hydrogen) atoms. The number of allylic oxidation sites excluding steroid dienone is 1. The number of esters is 1. The number of amides is 3. The van der Waals surface area contributed by atoms with E-state index in [0.717, 1.165) is 16.5 Å². The Hall–Kier alpha value is -5.58. The minimum atomic E-state index is -0.763. The zero-order valence-electron chi connectivity index (χ0n) is 23.9. The van der Waals surface area contributed by atoms with Crippen molar-refractivity contribution in [3.05, 3.63) is 107 Å². The summed E-state index contributed by atoms with van der Waals surface area (Å²) >= 11 is 0. The van der Waals surface area contributed by atoms with E-state index in [1.54, 1.807) is 31.3 Å². The van der Waals surface area contributed by atoms with E-state index in [2.05, 4.69) is 37.9 Å². The number of carbonyl (C=O) groups is 3. The molecule has 5 rings (SSSR count). The van der Waals surface area contributed by atoms with Crippen LogP contribution in [-0.4, -0.2) is 49.5 Å². The number of benzene rings is 3. The number of nitrogens with one attached hydrogen (secondary N) is 3. The lowest BCUT2D eigenvalue weighted by Gasteiger charge is -2.28. The molecular formula is C32H31N5O6. The highest BCUT2D eigenvalue weighted by molar-refractivity contribution is 6.00. The Kier molecular flexibility index (Phi) is 8.71. The van der Waals surface area contributed by atoms with Crippen LogP contribution in [0.4, 0.5) is 4.79 Å². The van der Waals surface area contributed by atoms with Crippen molar-refractivity contribution in [3.8, 4) is 11.5 Å². The van der Waals surface area contributed by atoms with Gasteiger partial charge in [0.15, 0.2) is 18.1 Å². The standard InChI is InChI=1S/C32H31N5O6/c1-20-29(31(39)42-3)30(35-32(40)34-20)22-13-14-26(27(15-22)41-2)43-19-28(38)36-33-16-23-18-37(17-21-9-5-4-6-10-21)25-12-8-7-11-24(23)25/h4-16,18,30H,17,19H2,1-3H3,(H,36,38)(H2,34,35,40)/b33-16-/t30-/m1/s1. The average Bonchev–Trinajstić information content (AvgIpc) is 3.36. The number of hydrogen-bond donors (Lipinski definition) is 3. The molecule has 11 nitrogen and oxygen atoms in total. The highest BCUT2D eigenvalue weighted by Gasteiger charge is 2.32. The molecule has 3 amide bonds. The monoisotopic (exact) mass is 581 g/mol. The van der Waals surface area contributed by atoms with E-state index < -0.39 is 23.9 Å². The number of hydrogen-bond acceptors (Lipinski definition) is 7. The number of para-hydroxylation sites is 1. The van der Waals surface area contributed by atoms with E-state index in [-0.39, 0.29) is 12.2 Å². The molecule has 1 aliphatic rings. The second kappa shape index (κ2) is 12.9. The van der Waals surface area contributed by atoms with Crippen LogP contribution in [0.25, 0.3) is 10.9 Å². The van der Waals surface area contributed by atoms with Crippen molar-refractivity contribution in [2.45, 2.75) is 19.5 Å². The molecule has 3 aromatic carbocycles. The topological polar surface area (TPSA) is 132 Å². The maximum Gasteiger partial charge on any atom is 0.337 e. The number of hydrazone groups is 1. The first-order chi connectivity index (χ1) is 20.9. The van der Waals surface area contributed by atoms with Gasteiger partial charge >= 0.3 is 12.0 Å². The number of carbonyl (C=O) groups excluding carboxylic acids is 3. The van der Waals surface area contributed by atoms with Gasteiger partial charge in [-0.15, -0.1) is 0 Å². The van der Waals surface area contributed by atoms with Crippen LogP contribution in [-0.2, 0) is 20.9 Å². The van der Waals surface area contributed by atoms with Gasteiger partial charge in [-0.25, -0.2) is 15.0 Å². The Bertz CT molecular complexity index is 1730. The highest BCUT2D eigenvalue weighted by Crippen LogP contribution is 2.34. The molecule has 1 aliphatic heterocycles.